The van der Waals surface area contributed by atoms with Gasteiger partial charge in [0.25, 0.3) is 0 Å². The van der Waals surface area contributed by atoms with Gasteiger partial charge in [0.1, 0.15) is 12.7 Å². The third-order valence-electron chi connectivity index (χ3n) is 2.90. The lowest BCUT2D eigenvalue weighted by Gasteiger charge is -2.12. The van der Waals surface area contributed by atoms with Crippen LogP contribution in [0.15, 0.2) is 48.5 Å². The fraction of sp³-hybridized carbons (Fsp3) is 0.176. The molecule has 0 saturated carbocycles. The van der Waals surface area contributed by atoms with Crippen molar-refractivity contribution >= 4 is 5.97 Å². The van der Waals surface area contributed by atoms with Crippen LogP contribution in [-0.2, 0) is 11.3 Å². The summed E-state index contributed by atoms with van der Waals surface area (Å²) in [5, 5.41) is 8.41. The van der Waals surface area contributed by atoms with E-state index in [9.17, 15) is 4.79 Å². The van der Waals surface area contributed by atoms with Crippen LogP contribution in [0.25, 0.3) is 0 Å². The third kappa shape index (κ3) is 4.00. The Hall–Kier alpha value is -3.00. The summed E-state index contributed by atoms with van der Waals surface area (Å²) in [4.78, 5) is 11.7. The van der Waals surface area contributed by atoms with E-state index in [4.69, 9.17) is 19.5 Å². The number of hydrogen-bond donors (Lipinski definition) is 0. The molecule has 0 saturated heterocycles. The summed E-state index contributed by atoms with van der Waals surface area (Å²) in [5.41, 5.74) is 1.33. The average Bonchev–Trinajstić information content (AvgIpc) is 2.58. The zero-order valence-corrected chi connectivity index (χ0v) is 12.1. The summed E-state index contributed by atoms with van der Waals surface area (Å²) in [6.45, 7) is 0.114. The quantitative estimate of drug-likeness (QED) is 0.767. The van der Waals surface area contributed by atoms with E-state index in [1.807, 2.05) is 30.3 Å². The normalized spacial score (nSPS) is 9.64. The van der Waals surface area contributed by atoms with Crippen molar-refractivity contribution in [3.8, 4) is 17.6 Å². The minimum Gasteiger partial charge on any atom is -0.493 e. The van der Waals surface area contributed by atoms with Crippen LogP contribution in [0, 0.1) is 11.3 Å². The van der Waals surface area contributed by atoms with Gasteiger partial charge in [-0.2, -0.15) is 5.26 Å². The molecule has 5 nitrogen and oxygen atoms in total. The highest BCUT2D eigenvalue weighted by molar-refractivity contribution is 5.90. The number of nitriles is 1. The minimum absolute atomic E-state index is 0.284. The zero-order chi connectivity index (χ0) is 15.8. The van der Waals surface area contributed by atoms with Gasteiger partial charge in [-0.05, 0) is 23.8 Å². The van der Waals surface area contributed by atoms with E-state index in [1.165, 1.54) is 13.2 Å². The smallest absolute Gasteiger partial charge is 0.339 e. The lowest BCUT2D eigenvalue weighted by Crippen LogP contribution is -2.06. The maximum absolute atomic E-state index is 11.7. The molecule has 112 valence electrons. The van der Waals surface area contributed by atoms with Crippen molar-refractivity contribution in [1.82, 2.24) is 0 Å². The molecule has 0 heterocycles. The van der Waals surface area contributed by atoms with E-state index in [-0.39, 0.29) is 6.61 Å². The predicted octanol–water partition coefficient (Wildman–Crippen LogP) is 2.95. The molecule has 0 amide bonds. The minimum atomic E-state index is -0.575. The van der Waals surface area contributed by atoms with Crippen molar-refractivity contribution in [1.29, 1.82) is 5.26 Å². The zero-order valence-electron chi connectivity index (χ0n) is 12.1. The van der Waals surface area contributed by atoms with E-state index < -0.39 is 5.97 Å². The Bertz CT molecular complexity index is 677. The first kappa shape index (κ1) is 15.4. The van der Waals surface area contributed by atoms with Crippen LogP contribution in [0.2, 0.25) is 0 Å². The number of carbonyl (C=O) groups is 1. The highest BCUT2D eigenvalue weighted by atomic mass is 16.5. The van der Waals surface area contributed by atoms with Gasteiger partial charge in [0.05, 0.1) is 12.7 Å². The summed E-state index contributed by atoms with van der Waals surface area (Å²) < 4.78 is 15.7. The average molecular weight is 297 g/mol. The summed E-state index contributed by atoms with van der Waals surface area (Å²) in [6.07, 6.45) is 0. The van der Waals surface area contributed by atoms with Crippen molar-refractivity contribution in [3.05, 3.63) is 59.7 Å². The molecule has 0 aliphatic rings. The van der Waals surface area contributed by atoms with E-state index in [0.717, 1.165) is 5.56 Å². The Morgan fingerprint density at radius 2 is 1.91 bits per heavy atom. The second kappa shape index (κ2) is 7.70. The van der Waals surface area contributed by atoms with Crippen molar-refractivity contribution < 1.29 is 19.0 Å². The molecule has 0 aliphatic carbocycles. The van der Waals surface area contributed by atoms with Crippen LogP contribution in [0.4, 0.5) is 0 Å². The molecular weight excluding hydrogens is 282 g/mol. The maximum atomic E-state index is 11.7. The van der Waals surface area contributed by atoms with Crippen LogP contribution < -0.4 is 9.47 Å². The first-order valence-corrected chi connectivity index (χ1v) is 6.63. The number of benzene rings is 2. The molecule has 0 atom stereocenters. The lowest BCUT2D eigenvalue weighted by molar-refractivity contribution is 0.0554. The Balaban J connectivity index is 2.09. The monoisotopic (exact) mass is 297 g/mol. The summed E-state index contributed by atoms with van der Waals surface area (Å²) in [5.74, 6) is 0.389. The van der Waals surface area contributed by atoms with Gasteiger partial charge in [-0.15, -0.1) is 0 Å². The molecule has 22 heavy (non-hydrogen) atoms. The molecule has 0 bridgehead atoms. The number of nitrogens with zero attached hydrogens (tertiary/aromatic N) is 1. The van der Waals surface area contributed by atoms with Gasteiger partial charge in [0, 0.05) is 0 Å². The summed E-state index contributed by atoms with van der Waals surface area (Å²) in [7, 11) is 1.50. The number of ether oxygens (including phenoxy) is 3. The summed E-state index contributed by atoms with van der Waals surface area (Å²) in [6, 6.07) is 16.2. The van der Waals surface area contributed by atoms with Crippen molar-refractivity contribution in [2.75, 3.05) is 13.7 Å². The van der Waals surface area contributed by atoms with Crippen molar-refractivity contribution in [2.45, 2.75) is 6.61 Å². The van der Waals surface area contributed by atoms with E-state index in [1.54, 1.807) is 18.2 Å². The standard InChI is InChI=1S/C17H15NO4/c1-20-16-11-14(17(19)21-10-9-18)7-8-15(16)22-12-13-5-3-2-4-6-13/h2-8,11H,10,12H2,1H3. The van der Waals surface area contributed by atoms with Crippen molar-refractivity contribution in [3.63, 3.8) is 0 Å². The van der Waals surface area contributed by atoms with Crippen molar-refractivity contribution in [2.24, 2.45) is 0 Å². The highest BCUT2D eigenvalue weighted by Gasteiger charge is 2.12. The highest BCUT2D eigenvalue weighted by Crippen LogP contribution is 2.29. The maximum Gasteiger partial charge on any atom is 0.339 e. The lowest BCUT2D eigenvalue weighted by atomic mass is 10.2. The Morgan fingerprint density at radius 3 is 2.59 bits per heavy atom. The van der Waals surface area contributed by atoms with Gasteiger partial charge in [-0.3, -0.25) is 0 Å². The molecule has 0 spiro atoms. The SMILES string of the molecule is COc1cc(C(=O)OCC#N)ccc1OCc1ccccc1. The summed E-state index contributed by atoms with van der Waals surface area (Å²) >= 11 is 0. The Morgan fingerprint density at radius 1 is 1.14 bits per heavy atom. The fourth-order valence-corrected chi connectivity index (χ4v) is 1.83. The molecule has 0 N–H and O–H groups in total. The van der Waals surface area contributed by atoms with Gasteiger partial charge in [0.15, 0.2) is 18.1 Å². The number of esters is 1. The van der Waals surface area contributed by atoms with Gasteiger partial charge in [-0.1, -0.05) is 30.3 Å². The molecule has 5 heteroatoms. The van der Waals surface area contributed by atoms with E-state index >= 15 is 0 Å². The van der Waals surface area contributed by atoms with Gasteiger partial charge in [0.2, 0.25) is 0 Å². The Kier molecular flexibility index (Phi) is 5.38. The topological polar surface area (TPSA) is 68.5 Å². The molecule has 0 fully saturated rings. The largest absolute Gasteiger partial charge is 0.493 e. The second-order valence-electron chi connectivity index (χ2n) is 4.37. The number of rotatable bonds is 6. The molecule has 2 aromatic carbocycles. The van der Waals surface area contributed by atoms with Gasteiger partial charge >= 0.3 is 5.97 Å². The molecule has 0 aliphatic heterocycles. The van der Waals surface area contributed by atoms with E-state index in [0.29, 0.717) is 23.7 Å². The number of hydrogen-bond acceptors (Lipinski definition) is 5. The van der Waals surface area contributed by atoms with E-state index in [2.05, 4.69) is 0 Å². The molecule has 0 unspecified atom stereocenters. The molecule has 2 rings (SSSR count). The first-order chi connectivity index (χ1) is 10.7. The predicted molar refractivity (Wildman–Crippen MR) is 79.7 cm³/mol. The number of methoxy groups -OCH3 is 1. The third-order valence-corrected chi connectivity index (χ3v) is 2.90. The van der Waals surface area contributed by atoms with Gasteiger partial charge < -0.3 is 14.2 Å². The van der Waals surface area contributed by atoms with Crippen LogP contribution in [0.3, 0.4) is 0 Å². The fourth-order valence-electron chi connectivity index (χ4n) is 1.83. The van der Waals surface area contributed by atoms with Crippen LogP contribution in [0.5, 0.6) is 11.5 Å². The van der Waals surface area contributed by atoms with Gasteiger partial charge in [-0.25, -0.2) is 4.79 Å². The molecule has 0 radical (unpaired) electrons. The molecule has 2 aromatic rings. The van der Waals surface area contributed by atoms with Crippen LogP contribution in [0.1, 0.15) is 15.9 Å². The molecule has 0 aromatic heterocycles. The Labute approximate surface area is 128 Å². The first-order valence-electron chi connectivity index (χ1n) is 6.63. The number of carbonyl (C=O) groups excluding carboxylic acids is 1. The molecular formula is C17H15NO4. The van der Waals surface area contributed by atoms with Crippen LogP contribution in [-0.4, -0.2) is 19.7 Å². The van der Waals surface area contributed by atoms with Crippen LogP contribution >= 0.6 is 0 Å². The second-order valence-corrected chi connectivity index (χ2v) is 4.37.